The summed E-state index contributed by atoms with van der Waals surface area (Å²) in [6.45, 7) is 5.20. The Morgan fingerprint density at radius 3 is 2.52 bits per heavy atom. The van der Waals surface area contributed by atoms with Crippen molar-refractivity contribution < 1.29 is 4.79 Å². The van der Waals surface area contributed by atoms with Crippen molar-refractivity contribution in [3.63, 3.8) is 0 Å². The highest BCUT2D eigenvalue weighted by Gasteiger charge is 2.28. The van der Waals surface area contributed by atoms with Crippen molar-refractivity contribution in [2.24, 2.45) is 4.99 Å². The minimum absolute atomic E-state index is 0.125. The second-order valence-corrected chi connectivity index (χ2v) is 7.74. The smallest absolute Gasteiger partial charge is 0.168 e. The molecule has 1 aliphatic heterocycles. The van der Waals surface area contributed by atoms with E-state index in [1.54, 1.807) is 0 Å². The van der Waals surface area contributed by atoms with Crippen molar-refractivity contribution in [1.29, 1.82) is 0 Å². The van der Waals surface area contributed by atoms with E-state index in [1.807, 2.05) is 30.3 Å². The van der Waals surface area contributed by atoms with Gasteiger partial charge in [0.1, 0.15) is 0 Å². The first-order chi connectivity index (χ1) is 11.8. The molecule has 3 nitrogen and oxygen atoms in total. The van der Waals surface area contributed by atoms with Crippen molar-refractivity contribution in [3.05, 3.63) is 70.8 Å². The van der Waals surface area contributed by atoms with Crippen molar-refractivity contribution >= 4 is 11.5 Å². The Morgan fingerprint density at radius 1 is 1.12 bits per heavy atom. The van der Waals surface area contributed by atoms with Crippen LogP contribution in [0, 0.1) is 0 Å². The van der Waals surface area contributed by atoms with Gasteiger partial charge in [-0.05, 0) is 51.1 Å². The Hall–Kier alpha value is -2.26. The molecule has 0 radical (unpaired) electrons. The third-order valence-electron chi connectivity index (χ3n) is 4.46. The quantitative estimate of drug-likeness (QED) is 0.770. The number of benzene rings is 2. The molecule has 3 rings (SSSR count). The van der Waals surface area contributed by atoms with Crippen molar-refractivity contribution in [2.75, 3.05) is 14.1 Å². The number of Topliss-reactive ketones (excluding diaryl/α,β-unsaturated/α-hetero) is 1. The number of carbonyl (C=O) groups is 1. The standard InChI is InChI=1S/C22H26N2O/c1-22(2)14-18-12-16(15-24(3)4)10-11-19(18)20(23-22)13-21(25)17-8-6-5-7-9-17/h5-12H,13-15H2,1-4H3. The fourth-order valence-corrected chi connectivity index (χ4v) is 3.48. The van der Waals surface area contributed by atoms with Gasteiger partial charge in [0.25, 0.3) is 0 Å². The van der Waals surface area contributed by atoms with E-state index in [4.69, 9.17) is 4.99 Å². The molecule has 2 aromatic rings. The highest BCUT2D eigenvalue weighted by Crippen LogP contribution is 2.29. The Morgan fingerprint density at radius 2 is 1.84 bits per heavy atom. The lowest BCUT2D eigenvalue weighted by atomic mass is 9.84. The average Bonchev–Trinajstić information content (AvgIpc) is 2.53. The molecule has 0 atom stereocenters. The maximum absolute atomic E-state index is 12.7. The van der Waals surface area contributed by atoms with E-state index in [-0.39, 0.29) is 11.3 Å². The molecule has 0 bridgehead atoms. The molecular formula is C22H26N2O. The number of aliphatic imine (C=N–C) groups is 1. The lowest BCUT2D eigenvalue weighted by Crippen LogP contribution is -2.30. The third kappa shape index (κ3) is 4.23. The first-order valence-corrected chi connectivity index (χ1v) is 8.78. The van der Waals surface area contributed by atoms with Gasteiger partial charge in [-0.25, -0.2) is 0 Å². The van der Waals surface area contributed by atoms with E-state index in [9.17, 15) is 4.79 Å². The van der Waals surface area contributed by atoms with Gasteiger partial charge < -0.3 is 4.90 Å². The fourth-order valence-electron chi connectivity index (χ4n) is 3.48. The van der Waals surface area contributed by atoms with Gasteiger partial charge in [0.2, 0.25) is 0 Å². The molecular weight excluding hydrogens is 308 g/mol. The summed E-state index contributed by atoms with van der Waals surface area (Å²) in [5.41, 5.74) is 5.23. The number of fused-ring (bicyclic) bond motifs is 1. The number of nitrogens with zero attached hydrogens (tertiary/aromatic N) is 2. The number of carbonyl (C=O) groups excluding carboxylic acids is 1. The van der Waals surface area contributed by atoms with E-state index in [0.717, 1.165) is 29.8 Å². The molecule has 0 aliphatic carbocycles. The molecule has 0 saturated heterocycles. The predicted molar refractivity (Wildman–Crippen MR) is 104 cm³/mol. The zero-order chi connectivity index (χ0) is 18.0. The third-order valence-corrected chi connectivity index (χ3v) is 4.46. The van der Waals surface area contributed by atoms with Crippen molar-refractivity contribution in [1.82, 2.24) is 4.90 Å². The van der Waals surface area contributed by atoms with Crippen LogP contribution in [-0.2, 0) is 13.0 Å². The van der Waals surface area contributed by atoms with Crippen molar-refractivity contribution in [3.8, 4) is 0 Å². The van der Waals surface area contributed by atoms with Gasteiger partial charge in [0.05, 0.1) is 17.7 Å². The van der Waals surface area contributed by atoms with Crippen LogP contribution in [0.15, 0.2) is 53.5 Å². The van der Waals surface area contributed by atoms with Crippen LogP contribution in [0.3, 0.4) is 0 Å². The Labute approximate surface area is 150 Å². The SMILES string of the molecule is CN(C)Cc1ccc2c(c1)CC(C)(C)N=C2CC(=O)c1ccccc1. The molecule has 2 aromatic carbocycles. The molecule has 25 heavy (non-hydrogen) atoms. The predicted octanol–water partition coefficient (Wildman–Crippen LogP) is 4.15. The Bertz CT molecular complexity index is 804. The summed E-state index contributed by atoms with van der Waals surface area (Å²) in [5.74, 6) is 0.125. The summed E-state index contributed by atoms with van der Waals surface area (Å²) in [6, 6.07) is 16.1. The number of hydrogen-bond donors (Lipinski definition) is 0. The van der Waals surface area contributed by atoms with Gasteiger partial charge in [-0.2, -0.15) is 0 Å². The van der Waals surface area contributed by atoms with Crippen molar-refractivity contribution in [2.45, 2.75) is 38.8 Å². The second kappa shape index (κ2) is 6.93. The van der Waals surface area contributed by atoms with Crippen LogP contribution in [0.4, 0.5) is 0 Å². The van der Waals surface area contributed by atoms with E-state index < -0.39 is 0 Å². The molecule has 0 N–H and O–H groups in total. The van der Waals surface area contributed by atoms with Crippen LogP contribution in [-0.4, -0.2) is 36.0 Å². The zero-order valence-corrected chi connectivity index (χ0v) is 15.5. The fraction of sp³-hybridized carbons (Fsp3) is 0.364. The van der Waals surface area contributed by atoms with Crippen LogP contribution in [0.1, 0.15) is 47.3 Å². The number of rotatable bonds is 5. The monoisotopic (exact) mass is 334 g/mol. The van der Waals surface area contributed by atoms with E-state index in [1.165, 1.54) is 11.1 Å². The molecule has 1 heterocycles. The first kappa shape index (κ1) is 17.6. The maximum atomic E-state index is 12.7. The molecule has 130 valence electrons. The topological polar surface area (TPSA) is 32.7 Å². The highest BCUT2D eigenvalue weighted by molar-refractivity contribution is 6.16. The summed E-state index contributed by atoms with van der Waals surface area (Å²) in [6.07, 6.45) is 1.26. The number of hydrogen-bond acceptors (Lipinski definition) is 3. The van der Waals surface area contributed by atoms with Gasteiger partial charge in [0.15, 0.2) is 5.78 Å². The maximum Gasteiger partial charge on any atom is 0.168 e. The van der Waals surface area contributed by atoms with Gasteiger partial charge in [0, 0.05) is 12.1 Å². The summed E-state index contributed by atoms with van der Waals surface area (Å²) in [5, 5.41) is 0. The van der Waals surface area contributed by atoms with Gasteiger partial charge in [-0.3, -0.25) is 9.79 Å². The molecule has 0 unspecified atom stereocenters. The number of ketones is 1. The van der Waals surface area contributed by atoms with Crippen LogP contribution >= 0.6 is 0 Å². The lowest BCUT2D eigenvalue weighted by Gasteiger charge is -2.29. The molecule has 0 spiro atoms. The summed E-state index contributed by atoms with van der Waals surface area (Å²) in [4.78, 5) is 19.7. The minimum atomic E-state index is -0.171. The minimum Gasteiger partial charge on any atom is -0.305 e. The van der Waals surface area contributed by atoms with Crippen LogP contribution < -0.4 is 0 Å². The first-order valence-electron chi connectivity index (χ1n) is 8.78. The van der Waals surface area contributed by atoms with Crippen LogP contribution in [0.2, 0.25) is 0 Å². The van der Waals surface area contributed by atoms with Gasteiger partial charge in [-0.1, -0.05) is 48.5 Å². The van der Waals surface area contributed by atoms with E-state index in [2.05, 4.69) is 51.0 Å². The Kier molecular flexibility index (Phi) is 4.87. The average molecular weight is 334 g/mol. The molecule has 0 amide bonds. The Balaban J connectivity index is 1.91. The second-order valence-electron chi connectivity index (χ2n) is 7.74. The van der Waals surface area contributed by atoms with E-state index in [0.29, 0.717) is 6.42 Å². The molecule has 1 aliphatic rings. The van der Waals surface area contributed by atoms with E-state index >= 15 is 0 Å². The molecule has 0 aromatic heterocycles. The summed E-state index contributed by atoms with van der Waals surface area (Å²) >= 11 is 0. The van der Waals surface area contributed by atoms with Crippen LogP contribution in [0.5, 0.6) is 0 Å². The molecule has 3 heteroatoms. The van der Waals surface area contributed by atoms with Crippen LogP contribution in [0.25, 0.3) is 0 Å². The van der Waals surface area contributed by atoms with Gasteiger partial charge >= 0.3 is 0 Å². The zero-order valence-electron chi connectivity index (χ0n) is 15.5. The van der Waals surface area contributed by atoms with Gasteiger partial charge in [-0.15, -0.1) is 0 Å². The normalized spacial score (nSPS) is 15.6. The largest absolute Gasteiger partial charge is 0.305 e. The summed E-state index contributed by atoms with van der Waals surface area (Å²) in [7, 11) is 4.16. The highest BCUT2D eigenvalue weighted by atomic mass is 16.1. The molecule has 0 saturated carbocycles. The molecule has 0 fully saturated rings. The summed E-state index contributed by atoms with van der Waals surface area (Å²) < 4.78 is 0. The lowest BCUT2D eigenvalue weighted by molar-refractivity contribution is 0.100.